The molecule has 8 heteroatoms. The first kappa shape index (κ1) is 20.6. The fourth-order valence-electron chi connectivity index (χ4n) is 4.00. The molecular formula is C22H23N3O3S2. The third-order valence-electron chi connectivity index (χ3n) is 5.61. The lowest BCUT2D eigenvalue weighted by molar-refractivity contribution is 0.0943. The number of nitrogens with zero attached hydrogens (tertiary/aromatic N) is 1. The van der Waals surface area contributed by atoms with Gasteiger partial charge in [-0.2, -0.15) is 0 Å². The smallest absolute Gasteiger partial charge is 0.263 e. The Morgan fingerprint density at radius 2 is 1.73 bits per heavy atom. The normalized spacial score (nSPS) is 15.6. The van der Waals surface area contributed by atoms with Crippen molar-refractivity contribution in [2.75, 3.05) is 11.3 Å². The van der Waals surface area contributed by atoms with E-state index in [2.05, 4.69) is 27.2 Å². The van der Waals surface area contributed by atoms with Gasteiger partial charge in [0.25, 0.3) is 15.9 Å². The van der Waals surface area contributed by atoms with E-state index in [0.717, 1.165) is 25.7 Å². The summed E-state index contributed by atoms with van der Waals surface area (Å²) in [7, 11) is -3.73. The molecule has 2 N–H and O–H groups in total. The molecule has 4 rings (SSSR count). The zero-order valence-corrected chi connectivity index (χ0v) is 18.0. The molecule has 1 fully saturated rings. The second-order valence-corrected chi connectivity index (χ2v) is 10.1. The van der Waals surface area contributed by atoms with Gasteiger partial charge in [-0.15, -0.1) is 11.3 Å². The molecule has 1 aliphatic rings. The van der Waals surface area contributed by atoms with E-state index in [0.29, 0.717) is 17.2 Å². The van der Waals surface area contributed by atoms with Gasteiger partial charge in [-0.05, 0) is 42.7 Å². The lowest BCUT2D eigenvalue weighted by Crippen LogP contribution is -2.39. The Hall–Kier alpha value is -2.71. The third kappa shape index (κ3) is 4.39. The van der Waals surface area contributed by atoms with Crippen LogP contribution in [-0.2, 0) is 15.4 Å². The number of hydrogen-bond acceptors (Lipinski definition) is 5. The molecule has 0 radical (unpaired) electrons. The van der Waals surface area contributed by atoms with Crippen molar-refractivity contribution in [1.29, 1.82) is 0 Å². The van der Waals surface area contributed by atoms with Crippen molar-refractivity contribution in [3.05, 3.63) is 77.3 Å². The minimum atomic E-state index is -3.73. The van der Waals surface area contributed by atoms with E-state index in [1.807, 2.05) is 18.2 Å². The number of nitrogens with one attached hydrogen (secondary N) is 2. The van der Waals surface area contributed by atoms with Gasteiger partial charge in [-0.3, -0.25) is 9.52 Å². The molecule has 0 spiro atoms. The largest absolute Gasteiger partial charge is 0.351 e. The highest BCUT2D eigenvalue weighted by molar-refractivity contribution is 7.93. The van der Waals surface area contributed by atoms with Crippen molar-refractivity contribution in [3.63, 3.8) is 0 Å². The zero-order valence-electron chi connectivity index (χ0n) is 16.4. The summed E-state index contributed by atoms with van der Waals surface area (Å²) in [6.45, 7) is 0.571. The molecular weight excluding hydrogens is 418 g/mol. The summed E-state index contributed by atoms with van der Waals surface area (Å²) in [4.78, 5) is 16.7. The first-order valence-corrected chi connectivity index (χ1v) is 12.2. The Balaban J connectivity index is 1.44. The maximum absolute atomic E-state index is 12.7. The van der Waals surface area contributed by atoms with Crippen LogP contribution in [0.3, 0.4) is 0 Å². The van der Waals surface area contributed by atoms with Crippen LogP contribution in [-0.4, -0.2) is 25.9 Å². The van der Waals surface area contributed by atoms with Gasteiger partial charge < -0.3 is 5.32 Å². The number of aromatic nitrogens is 1. The van der Waals surface area contributed by atoms with Crippen molar-refractivity contribution in [2.45, 2.75) is 36.0 Å². The Morgan fingerprint density at radius 3 is 2.37 bits per heavy atom. The van der Waals surface area contributed by atoms with Gasteiger partial charge in [0.1, 0.15) is 0 Å². The number of benzene rings is 2. The molecule has 1 heterocycles. The van der Waals surface area contributed by atoms with Gasteiger partial charge in [0, 0.05) is 29.1 Å². The number of hydrogen-bond donors (Lipinski definition) is 2. The van der Waals surface area contributed by atoms with E-state index in [9.17, 15) is 13.2 Å². The molecule has 0 atom stereocenters. The van der Waals surface area contributed by atoms with Crippen LogP contribution in [0.1, 0.15) is 41.6 Å². The molecule has 156 valence electrons. The fourth-order valence-corrected chi connectivity index (χ4v) is 5.78. The van der Waals surface area contributed by atoms with Crippen LogP contribution < -0.4 is 10.0 Å². The van der Waals surface area contributed by atoms with Crippen molar-refractivity contribution in [1.82, 2.24) is 10.3 Å². The molecule has 0 saturated heterocycles. The molecule has 0 unspecified atom stereocenters. The van der Waals surface area contributed by atoms with Gasteiger partial charge in [0.15, 0.2) is 5.13 Å². The second kappa shape index (κ2) is 8.57. The summed E-state index contributed by atoms with van der Waals surface area (Å²) in [5, 5.41) is 5.06. The van der Waals surface area contributed by atoms with Crippen molar-refractivity contribution >= 4 is 32.4 Å². The Labute approximate surface area is 180 Å². The maximum atomic E-state index is 12.7. The molecule has 1 amide bonds. The van der Waals surface area contributed by atoms with Crippen LogP contribution in [0.15, 0.2) is 71.1 Å². The number of sulfonamides is 1. The first-order valence-electron chi connectivity index (χ1n) is 9.85. The van der Waals surface area contributed by atoms with Gasteiger partial charge in [-0.25, -0.2) is 13.4 Å². The van der Waals surface area contributed by atoms with Crippen molar-refractivity contribution in [3.8, 4) is 0 Å². The summed E-state index contributed by atoms with van der Waals surface area (Å²) >= 11 is 1.20. The van der Waals surface area contributed by atoms with Crippen LogP contribution in [0, 0.1) is 0 Å². The molecule has 30 heavy (non-hydrogen) atoms. The van der Waals surface area contributed by atoms with E-state index in [4.69, 9.17) is 0 Å². The van der Waals surface area contributed by atoms with Gasteiger partial charge in [-0.1, -0.05) is 43.2 Å². The van der Waals surface area contributed by atoms with E-state index in [1.54, 1.807) is 5.38 Å². The SMILES string of the molecule is O=C(NCC1(c2ccccc2)CCCC1)c1ccc(S(=O)(=O)Nc2nccs2)cc1. The van der Waals surface area contributed by atoms with Gasteiger partial charge >= 0.3 is 0 Å². The number of carbonyl (C=O) groups is 1. The quantitative estimate of drug-likeness (QED) is 0.576. The molecule has 0 bridgehead atoms. The minimum absolute atomic E-state index is 0.0299. The van der Waals surface area contributed by atoms with E-state index < -0.39 is 10.0 Å². The monoisotopic (exact) mass is 441 g/mol. The summed E-state index contributed by atoms with van der Waals surface area (Å²) in [6, 6.07) is 16.3. The number of rotatable bonds is 7. The number of amides is 1. The topological polar surface area (TPSA) is 88.2 Å². The summed E-state index contributed by atoms with van der Waals surface area (Å²) < 4.78 is 27.3. The lowest BCUT2D eigenvalue weighted by atomic mass is 9.79. The number of carbonyl (C=O) groups excluding carboxylic acids is 1. The van der Waals surface area contributed by atoms with Crippen molar-refractivity contribution < 1.29 is 13.2 Å². The average molecular weight is 442 g/mol. The predicted molar refractivity (Wildman–Crippen MR) is 118 cm³/mol. The highest BCUT2D eigenvalue weighted by atomic mass is 32.2. The van der Waals surface area contributed by atoms with E-state index >= 15 is 0 Å². The summed E-state index contributed by atoms with van der Waals surface area (Å²) in [5.74, 6) is -0.200. The average Bonchev–Trinajstić information content (AvgIpc) is 3.45. The second-order valence-electron chi connectivity index (χ2n) is 7.50. The lowest BCUT2D eigenvalue weighted by Gasteiger charge is -2.30. The third-order valence-corrected chi connectivity index (χ3v) is 7.79. The molecule has 1 aliphatic carbocycles. The number of anilines is 1. The molecule has 3 aromatic rings. The van der Waals surface area contributed by atoms with Crippen LogP contribution in [0.4, 0.5) is 5.13 Å². The minimum Gasteiger partial charge on any atom is -0.351 e. The molecule has 1 saturated carbocycles. The predicted octanol–water partition coefficient (Wildman–Crippen LogP) is 4.19. The van der Waals surface area contributed by atoms with Crippen LogP contribution in [0.5, 0.6) is 0 Å². The maximum Gasteiger partial charge on any atom is 0.263 e. The van der Waals surface area contributed by atoms with Crippen LogP contribution in [0.2, 0.25) is 0 Å². The van der Waals surface area contributed by atoms with Crippen LogP contribution in [0.25, 0.3) is 0 Å². The Morgan fingerprint density at radius 1 is 1.03 bits per heavy atom. The summed E-state index contributed by atoms with van der Waals surface area (Å²) in [5.41, 5.74) is 1.67. The number of thiazole rings is 1. The molecule has 0 aliphatic heterocycles. The van der Waals surface area contributed by atoms with Crippen molar-refractivity contribution in [2.24, 2.45) is 0 Å². The molecule has 1 aromatic heterocycles. The van der Waals surface area contributed by atoms with Gasteiger partial charge in [0.05, 0.1) is 4.90 Å². The standard InChI is InChI=1S/C22H23N3O3S2/c26-20(24-16-22(12-4-5-13-22)18-6-2-1-3-7-18)17-8-10-19(11-9-17)30(27,28)25-21-23-14-15-29-21/h1-3,6-11,14-15H,4-5,12-13,16H2,(H,23,25)(H,24,26). The highest BCUT2D eigenvalue weighted by Crippen LogP contribution is 2.40. The Bertz CT molecular complexity index is 1090. The Kier molecular flexibility index (Phi) is 5.87. The van der Waals surface area contributed by atoms with Crippen LogP contribution >= 0.6 is 11.3 Å². The molecule has 6 nitrogen and oxygen atoms in total. The highest BCUT2D eigenvalue weighted by Gasteiger charge is 2.35. The van der Waals surface area contributed by atoms with E-state index in [-0.39, 0.29) is 16.2 Å². The molecule has 2 aromatic carbocycles. The van der Waals surface area contributed by atoms with E-state index in [1.165, 1.54) is 47.4 Å². The fraction of sp³-hybridized carbons (Fsp3) is 0.273. The zero-order chi connectivity index (χ0) is 21.0. The first-order chi connectivity index (χ1) is 14.5. The summed E-state index contributed by atoms with van der Waals surface area (Å²) in [6.07, 6.45) is 5.95. The van der Waals surface area contributed by atoms with Gasteiger partial charge in [0.2, 0.25) is 0 Å².